The van der Waals surface area contributed by atoms with Crippen LogP contribution in [-0.4, -0.2) is 29.1 Å². The summed E-state index contributed by atoms with van der Waals surface area (Å²) in [6.45, 7) is 6.21. The van der Waals surface area contributed by atoms with Crippen molar-refractivity contribution in [3.8, 4) is 0 Å². The number of ether oxygens (including phenoxy) is 2. The molecule has 1 aromatic rings. The summed E-state index contributed by atoms with van der Waals surface area (Å²) in [6.07, 6.45) is 2.94. The van der Waals surface area contributed by atoms with E-state index in [-0.39, 0.29) is 30.6 Å². The number of ketones is 1. The number of esters is 1. The first-order valence-electron chi connectivity index (χ1n) is 9.34. The van der Waals surface area contributed by atoms with Crippen LogP contribution in [0.4, 0.5) is 4.79 Å². The summed E-state index contributed by atoms with van der Waals surface area (Å²) in [5.41, 5.74) is 1.24. The van der Waals surface area contributed by atoms with Crippen LogP contribution >= 0.6 is 0 Å². The quantitative estimate of drug-likeness (QED) is 0.435. The molecule has 0 bridgehead atoms. The van der Waals surface area contributed by atoms with Crippen molar-refractivity contribution in [2.75, 3.05) is 6.61 Å². The number of nitrogens with zero attached hydrogens (tertiary/aromatic N) is 1. The minimum atomic E-state index is -0.981. The fourth-order valence-electron chi connectivity index (χ4n) is 3.25. The SMILES string of the molecule is CC(C)COC(=O)OC(=O)Cc1ccc(C(=O)C2CCC(C)CC2)n1C. The van der Waals surface area contributed by atoms with Gasteiger partial charge < -0.3 is 14.0 Å². The average Bonchev–Trinajstić information content (AvgIpc) is 2.93. The van der Waals surface area contributed by atoms with Crippen molar-refractivity contribution < 1.29 is 23.9 Å². The number of hydrogen-bond acceptors (Lipinski definition) is 5. The highest BCUT2D eigenvalue weighted by molar-refractivity contribution is 5.97. The van der Waals surface area contributed by atoms with Crippen LogP contribution in [0.1, 0.15) is 62.6 Å². The molecule has 1 saturated carbocycles. The third-order valence-corrected chi connectivity index (χ3v) is 4.92. The normalized spacial score (nSPS) is 20.0. The Bertz CT molecular complexity index is 653. The molecule has 0 spiro atoms. The molecule has 144 valence electrons. The topological polar surface area (TPSA) is 74.6 Å². The van der Waals surface area contributed by atoms with E-state index in [1.54, 1.807) is 23.7 Å². The zero-order valence-electron chi connectivity index (χ0n) is 16.1. The van der Waals surface area contributed by atoms with Crippen molar-refractivity contribution in [3.63, 3.8) is 0 Å². The molecular weight excluding hydrogens is 334 g/mol. The maximum absolute atomic E-state index is 12.7. The van der Waals surface area contributed by atoms with E-state index >= 15 is 0 Å². The van der Waals surface area contributed by atoms with Gasteiger partial charge >= 0.3 is 12.1 Å². The monoisotopic (exact) mass is 363 g/mol. The molecule has 2 rings (SSSR count). The van der Waals surface area contributed by atoms with Crippen molar-refractivity contribution in [1.29, 1.82) is 0 Å². The van der Waals surface area contributed by atoms with Gasteiger partial charge in [-0.1, -0.05) is 33.6 Å². The summed E-state index contributed by atoms with van der Waals surface area (Å²) < 4.78 is 11.2. The maximum Gasteiger partial charge on any atom is 0.516 e. The molecule has 0 aromatic carbocycles. The molecule has 0 atom stereocenters. The molecule has 1 aliphatic carbocycles. The first-order valence-corrected chi connectivity index (χ1v) is 9.34. The first-order chi connectivity index (χ1) is 12.3. The molecule has 0 N–H and O–H groups in total. The van der Waals surface area contributed by atoms with E-state index in [2.05, 4.69) is 11.7 Å². The fourth-order valence-corrected chi connectivity index (χ4v) is 3.25. The Morgan fingerprint density at radius 3 is 2.42 bits per heavy atom. The van der Waals surface area contributed by atoms with Crippen LogP contribution < -0.4 is 0 Å². The Kier molecular flexibility index (Phi) is 7.00. The van der Waals surface area contributed by atoms with Crippen LogP contribution in [0.3, 0.4) is 0 Å². The molecule has 26 heavy (non-hydrogen) atoms. The Morgan fingerprint density at radius 2 is 1.81 bits per heavy atom. The second kappa shape index (κ2) is 9.01. The molecule has 0 aliphatic heterocycles. The highest BCUT2D eigenvalue weighted by Gasteiger charge is 2.27. The zero-order chi connectivity index (χ0) is 19.3. The Hall–Kier alpha value is -2.11. The van der Waals surface area contributed by atoms with Crippen molar-refractivity contribution >= 4 is 17.9 Å². The van der Waals surface area contributed by atoms with E-state index in [0.717, 1.165) is 25.7 Å². The van der Waals surface area contributed by atoms with Crippen molar-refractivity contribution in [3.05, 3.63) is 23.5 Å². The molecule has 0 unspecified atom stereocenters. The Morgan fingerprint density at radius 1 is 1.15 bits per heavy atom. The van der Waals surface area contributed by atoms with E-state index < -0.39 is 12.1 Å². The van der Waals surface area contributed by atoms with E-state index in [1.165, 1.54) is 0 Å². The molecule has 0 radical (unpaired) electrons. The summed E-state index contributed by atoms with van der Waals surface area (Å²) >= 11 is 0. The minimum absolute atomic E-state index is 0.0608. The lowest BCUT2D eigenvalue weighted by Gasteiger charge is -2.25. The number of rotatable bonds is 6. The van der Waals surface area contributed by atoms with Crippen molar-refractivity contribution in [1.82, 2.24) is 4.57 Å². The number of Topliss-reactive ketones (excluding diaryl/α,β-unsaturated/α-hetero) is 1. The van der Waals surface area contributed by atoms with Gasteiger partial charge in [-0.3, -0.25) is 9.59 Å². The minimum Gasteiger partial charge on any atom is -0.434 e. The average molecular weight is 363 g/mol. The summed E-state index contributed by atoms with van der Waals surface area (Å²) in [4.78, 5) is 36.1. The maximum atomic E-state index is 12.7. The molecule has 1 aliphatic rings. The number of hydrogen-bond donors (Lipinski definition) is 0. The van der Waals surface area contributed by atoms with Gasteiger partial charge in [0.2, 0.25) is 0 Å². The highest BCUT2D eigenvalue weighted by atomic mass is 16.7. The summed E-state index contributed by atoms with van der Waals surface area (Å²) in [5, 5.41) is 0. The largest absolute Gasteiger partial charge is 0.516 e. The zero-order valence-corrected chi connectivity index (χ0v) is 16.1. The lowest BCUT2D eigenvalue weighted by Crippen LogP contribution is -2.23. The van der Waals surface area contributed by atoms with Gasteiger partial charge in [0.05, 0.1) is 18.7 Å². The van der Waals surface area contributed by atoms with Crippen molar-refractivity contribution in [2.45, 2.75) is 52.9 Å². The molecule has 0 saturated heterocycles. The van der Waals surface area contributed by atoms with Gasteiger partial charge in [-0.25, -0.2) is 4.79 Å². The summed E-state index contributed by atoms with van der Waals surface area (Å²) in [6, 6.07) is 3.49. The second-order valence-electron chi connectivity index (χ2n) is 7.70. The van der Waals surface area contributed by atoms with E-state index in [4.69, 9.17) is 4.74 Å². The molecular formula is C20H29NO5. The van der Waals surface area contributed by atoms with E-state index in [0.29, 0.717) is 17.3 Å². The van der Waals surface area contributed by atoms with Crippen LogP contribution in [0.2, 0.25) is 0 Å². The van der Waals surface area contributed by atoms with Gasteiger partial charge in [0, 0.05) is 18.7 Å². The molecule has 6 heteroatoms. The van der Waals surface area contributed by atoms with Gasteiger partial charge in [-0.05, 0) is 36.8 Å². The van der Waals surface area contributed by atoms with Gasteiger partial charge in [0.15, 0.2) is 5.78 Å². The standard InChI is InChI=1S/C20H29NO5/c1-13(2)12-25-20(24)26-18(22)11-16-9-10-17(21(16)4)19(23)15-7-5-14(3)6-8-15/h9-10,13-15H,5-8,11-12H2,1-4H3. The third kappa shape index (κ3) is 5.44. The summed E-state index contributed by atoms with van der Waals surface area (Å²) in [5.74, 6) is 0.363. The van der Waals surface area contributed by atoms with Crippen LogP contribution in [0.15, 0.2) is 12.1 Å². The highest BCUT2D eigenvalue weighted by Crippen LogP contribution is 2.31. The van der Waals surface area contributed by atoms with Crippen LogP contribution in [0.25, 0.3) is 0 Å². The molecule has 6 nitrogen and oxygen atoms in total. The van der Waals surface area contributed by atoms with Gasteiger partial charge in [0.1, 0.15) is 0 Å². The predicted molar refractivity (Wildman–Crippen MR) is 96.8 cm³/mol. The Labute approximate surface area is 154 Å². The molecule has 1 fully saturated rings. The van der Waals surface area contributed by atoms with Crippen LogP contribution in [0.5, 0.6) is 0 Å². The van der Waals surface area contributed by atoms with Crippen LogP contribution in [-0.2, 0) is 27.7 Å². The van der Waals surface area contributed by atoms with E-state index in [9.17, 15) is 14.4 Å². The summed E-state index contributed by atoms with van der Waals surface area (Å²) in [7, 11) is 1.76. The van der Waals surface area contributed by atoms with Crippen molar-refractivity contribution in [2.24, 2.45) is 24.8 Å². The smallest absolute Gasteiger partial charge is 0.434 e. The molecule has 1 aromatic heterocycles. The van der Waals surface area contributed by atoms with Gasteiger partial charge in [0.25, 0.3) is 0 Å². The fraction of sp³-hybridized carbons (Fsp3) is 0.650. The van der Waals surface area contributed by atoms with Gasteiger partial charge in [-0.2, -0.15) is 0 Å². The lowest BCUT2D eigenvalue weighted by atomic mass is 9.80. The molecule has 1 heterocycles. The van der Waals surface area contributed by atoms with Gasteiger partial charge in [-0.15, -0.1) is 0 Å². The predicted octanol–water partition coefficient (Wildman–Crippen LogP) is 3.91. The van der Waals surface area contributed by atoms with E-state index in [1.807, 2.05) is 13.8 Å². The molecule has 0 amide bonds. The second-order valence-corrected chi connectivity index (χ2v) is 7.70. The first kappa shape index (κ1) is 20.2. The number of carbonyl (C=O) groups is 3. The number of carbonyl (C=O) groups excluding carboxylic acids is 3. The number of aromatic nitrogens is 1. The van der Waals surface area contributed by atoms with Crippen LogP contribution in [0, 0.1) is 17.8 Å². The lowest BCUT2D eigenvalue weighted by molar-refractivity contribution is -0.139. The third-order valence-electron chi connectivity index (χ3n) is 4.92. The Balaban J connectivity index is 1.92.